The van der Waals surface area contributed by atoms with E-state index in [-0.39, 0.29) is 0 Å². The lowest BCUT2D eigenvalue weighted by Gasteiger charge is -2.25. The second kappa shape index (κ2) is 6.69. The van der Waals surface area contributed by atoms with Crippen LogP contribution >= 0.6 is 0 Å². The van der Waals surface area contributed by atoms with E-state index in [2.05, 4.69) is 6.07 Å². The zero-order valence-corrected chi connectivity index (χ0v) is 11.7. The van der Waals surface area contributed by atoms with Crippen molar-refractivity contribution in [2.45, 2.75) is 12.6 Å². The summed E-state index contributed by atoms with van der Waals surface area (Å²) < 4.78 is 0. The summed E-state index contributed by atoms with van der Waals surface area (Å²) in [4.78, 5) is 13.3. The topological polar surface area (TPSA) is 64.3 Å². The molecule has 0 radical (unpaired) electrons. The normalized spacial score (nSPS) is 11.9. The Labute approximate surface area is 123 Å². The maximum Gasteiger partial charge on any atom is 0.325 e. The highest BCUT2D eigenvalue weighted by atomic mass is 16.4. The maximum atomic E-state index is 11.6. The molecule has 0 bridgehead atoms. The van der Waals surface area contributed by atoms with Crippen LogP contribution in [0.15, 0.2) is 54.6 Å². The molecule has 2 rings (SSSR count). The zero-order valence-electron chi connectivity index (χ0n) is 11.7. The van der Waals surface area contributed by atoms with Gasteiger partial charge >= 0.3 is 5.97 Å². The van der Waals surface area contributed by atoms with E-state index in [0.29, 0.717) is 12.1 Å². The molecular formula is C17H16N2O2. The molecule has 106 valence electrons. The number of carbonyl (C=O) groups is 1. The first kappa shape index (κ1) is 14.8. The lowest BCUT2D eigenvalue weighted by molar-refractivity contribution is -0.143. The molecule has 0 aliphatic rings. The van der Waals surface area contributed by atoms with Crippen molar-refractivity contribution < 1.29 is 9.90 Å². The standard InChI is InChI=1S/C17H16N2O2/c1-19(12-14-7-5-6-13(10-14)11-18)16(17(20)21)15-8-3-2-4-9-15/h2-10,16H,12H2,1H3,(H,20,21). The van der Waals surface area contributed by atoms with Crippen LogP contribution in [0.4, 0.5) is 0 Å². The smallest absolute Gasteiger partial charge is 0.325 e. The van der Waals surface area contributed by atoms with Gasteiger partial charge in [0, 0.05) is 6.54 Å². The second-order valence-electron chi connectivity index (χ2n) is 4.88. The van der Waals surface area contributed by atoms with Gasteiger partial charge in [0.1, 0.15) is 6.04 Å². The monoisotopic (exact) mass is 280 g/mol. The third kappa shape index (κ3) is 3.68. The first-order valence-electron chi connectivity index (χ1n) is 6.59. The quantitative estimate of drug-likeness (QED) is 0.914. The summed E-state index contributed by atoms with van der Waals surface area (Å²) in [6.45, 7) is 0.460. The van der Waals surface area contributed by atoms with Crippen LogP contribution < -0.4 is 0 Å². The first-order chi connectivity index (χ1) is 10.1. The molecule has 0 saturated carbocycles. The van der Waals surface area contributed by atoms with E-state index < -0.39 is 12.0 Å². The van der Waals surface area contributed by atoms with Crippen LogP contribution in [0.3, 0.4) is 0 Å². The van der Waals surface area contributed by atoms with Crippen molar-refractivity contribution in [3.8, 4) is 6.07 Å². The number of hydrogen-bond donors (Lipinski definition) is 1. The summed E-state index contributed by atoms with van der Waals surface area (Å²) in [7, 11) is 1.77. The molecule has 0 aliphatic carbocycles. The van der Waals surface area contributed by atoms with Gasteiger partial charge in [0.2, 0.25) is 0 Å². The van der Waals surface area contributed by atoms with E-state index in [9.17, 15) is 9.90 Å². The van der Waals surface area contributed by atoms with Gasteiger partial charge in [-0.05, 0) is 30.3 Å². The number of nitrogens with zero attached hydrogens (tertiary/aromatic N) is 2. The van der Waals surface area contributed by atoms with Crippen LogP contribution in [0.25, 0.3) is 0 Å². The predicted molar refractivity (Wildman–Crippen MR) is 79.4 cm³/mol. The molecular weight excluding hydrogens is 264 g/mol. The van der Waals surface area contributed by atoms with Gasteiger partial charge < -0.3 is 5.11 Å². The maximum absolute atomic E-state index is 11.6. The number of nitriles is 1. The van der Waals surface area contributed by atoms with Crippen molar-refractivity contribution in [1.82, 2.24) is 4.90 Å². The van der Waals surface area contributed by atoms with Crippen LogP contribution in [0.1, 0.15) is 22.7 Å². The van der Waals surface area contributed by atoms with Gasteiger partial charge in [-0.2, -0.15) is 5.26 Å². The van der Waals surface area contributed by atoms with Gasteiger partial charge in [0.15, 0.2) is 0 Å². The Hall–Kier alpha value is -2.64. The van der Waals surface area contributed by atoms with Crippen molar-refractivity contribution in [2.24, 2.45) is 0 Å². The Morgan fingerprint density at radius 3 is 2.57 bits per heavy atom. The fraction of sp³-hybridized carbons (Fsp3) is 0.176. The molecule has 4 heteroatoms. The Bertz CT molecular complexity index is 662. The minimum atomic E-state index is -0.889. The first-order valence-corrected chi connectivity index (χ1v) is 6.59. The highest BCUT2D eigenvalue weighted by molar-refractivity contribution is 5.75. The third-order valence-corrected chi connectivity index (χ3v) is 3.28. The summed E-state index contributed by atoms with van der Waals surface area (Å²) in [6, 6.07) is 17.7. The van der Waals surface area contributed by atoms with E-state index in [1.165, 1.54) is 0 Å². The summed E-state index contributed by atoms with van der Waals surface area (Å²) in [5.41, 5.74) is 2.23. The van der Waals surface area contributed by atoms with E-state index >= 15 is 0 Å². The Kier molecular flexibility index (Phi) is 4.70. The molecule has 4 nitrogen and oxygen atoms in total. The predicted octanol–water partition coefficient (Wildman–Crippen LogP) is 2.82. The van der Waals surface area contributed by atoms with Crippen molar-refractivity contribution in [2.75, 3.05) is 7.05 Å². The highest BCUT2D eigenvalue weighted by Crippen LogP contribution is 2.21. The van der Waals surface area contributed by atoms with Gasteiger partial charge in [-0.1, -0.05) is 42.5 Å². The fourth-order valence-electron chi connectivity index (χ4n) is 2.34. The Balaban J connectivity index is 2.22. The number of likely N-dealkylation sites (N-methyl/N-ethyl adjacent to an activating group) is 1. The van der Waals surface area contributed by atoms with Crippen LogP contribution in [0, 0.1) is 11.3 Å². The van der Waals surface area contributed by atoms with Crippen LogP contribution in [0.2, 0.25) is 0 Å². The second-order valence-corrected chi connectivity index (χ2v) is 4.88. The fourth-order valence-corrected chi connectivity index (χ4v) is 2.34. The molecule has 0 saturated heterocycles. The van der Waals surface area contributed by atoms with Crippen LogP contribution in [0.5, 0.6) is 0 Å². The number of hydrogen-bond acceptors (Lipinski definition) is 3. The molecule has 0 aliphatic heterocycles. The van der Waals surface area contributed by atoms with E-state index in [1.54, 1.807) is 42.3 Å². The summed E-state index contributed by atoms with van der Waals surface area (Å²) in [6.07, 6.45) is 0. The molecule has 0 fully saturated rings. The largest absolute Gasteiger partial charge is 0.480 e. The molecule has 0 heterocycles. The molecule has 0 aromatic heterocycles. The molecule has 0 spiro atoms. The molecule has 0 amide bonds. The highest BCUT2D eigenvalue weighted by Gasteiger charge is 2.24. The minimum Gasteiger partial charge on any atom is -0.480 e. The lowest BCUT2D eigenvalue weighted by atomic mass is 10.0. The third-order valence-electron chi connectivity index (χ3n) is 3.28. The molecule has 2 aromatic rings. The molecule has 21 heavy (non-hydrogen) atoms. The Morgan fingerprint density at radius 1 is 1.24 bits per heavy atom. The summed E-state index contributed by atoms with van der Waals surface area (Å²) in [5, 5.41) is 18.4. The van der Waals surface area contributed by atoms with E-state index in [4.69, 9.17) is 5.26 Å². The number of carboxylic acids is 1. The average Bonchev–Trinajstić information content (AvgIpc) is 2.48. The summed E-state index contributed by atoms with van der Waals surface area (Å²) in [5.74, 6) is -0.889. The molecule has 1 atom stereocenters. The number of benzene rings is 2. The van der Waals surface area contributed by atoms with Crippen molar-refractivity contribution in [3.05, 3.63) is 71.3 Å². The number of carboxylic acid groups (broad SMARTS) is 1. The van der Waals surface area contributed by atoms with E-state index in [0.717, 1.165) is 11.1 Å². The Morgan fingerprint density at radius 2 is 1.95 bits per heavy atom. The minimum absolute atomic E-state index is 0.460. The van der Waals surface area contributed by atoms with Crippen molar-refractivity contribution in [1.29, 1.82) is 5.26 Å². The average molecular weight is 280 g/mol. The summed E-state index contributed by atoms with van der Waals surface area (Å²) >= 11 is 0. The van der Waals surface area contributed by atoms with E-state index in [1.807, 2.05) is 24.3 Å². The van der Waals surface area contributed by atoms with Gasteiger partial charge in [-0.25, -0.2) is 0 Å². The van der Waals surface area contributed by atoms with Gasteiger partial charge in [0.05, 0.1) is 11.6 Å². The van der Waals surface area contributed by atoms with Crippen molar-refractivity contribution >= 4 is 5.97 Å². The van der Waals surface area contributed by atoms with Crippen molar-refractivity contribution in [3.63, 3.8) is 0 Å². The van der Waals surface area contributed by atoms with Gasteiger partial charge in [-0.3, -0.25) is 9.69 Å². The van der Waals surface area contributed by atoms with Gasteiger partial charge in [0.25, 0.3) is 0 Å². The SMILES string of the molecule is CN(Cc1cccc(C#N)c1)C(C(=O)O)c1ccccc1. The zero-order chi connectivity index (χ0) is 15.2. The number of rotatable bonds is 5. The number of aliphatic carboxylic acids is 1. The molecule has 1 unspecified atom stereocenters. The molecule has 2 aromatic carbocycles. The van der Waals surface area contributed by atoms with Gasteiger partial charge in [-0.15, -0.1) is 0 Å². The van der Waals surface area contributed by atoms with Crippen LogP contribution in [-0.4, -0.2) is 23.0 Å². The molecule has 1 N–H and O–H groups in total. The van der Waals surface area contributed by atoms with Crippen LogP contribution in [-0.2, 0) is 11.3 Å². The lowest BCUT2D eigenvalue weighted by Crippen LogP contribution is -2.30.